The minimum atomic E-state index is -0.765. The number of carboxylic acid groups (broad SMARTS) is 1. The molecule has 1 saturated heterocycles. The molecule has 2 N–H and O–H groups in total. The Labute approximate surface area is 101 Å². The standard InChI is InChI=1S/C13H17NO3/c1-2-17-10-5-3-9(4-6-10)11-7-8-12(14-11)13(15)16/h3-6,11-12,14H,2,7-8H2,1H3,(H,15,16). The van der Waals surface area contributed by atoms with Crippen LogP contribution in [0.25, 0.3) is 0 Å². The number of hydrogen-bond donors (Lipinski definition) is 2. The van der Waals surface area contributed by atoms with E-state index in [4.69, 9.17) is 9.84 Å². The lowest BCUT2D eigenvalue weighted by molar-refractivity contribution is -0.139. The van der Waals surface area contributed by atoms with E-state index in [2.05, 4.69) is 5.32 Å². The van der Waals surface area contributed by atoms with Crippen molar-refractivity contribution in [3.63, 3.8) is 0 Å². The first-order valence-electron chi connectivity index (χ1n) is 5.92. The van der Waals surface area contributed by atoms with Crippen molar-refractivity contribution in [1.82, 2.24) is 5.32 Å². The molecule has 0 spiro atoms. The predicted molar refractivity (Wildman–Crippen MR) is 64.1 cm³/mol. The fraction of sp³-hybridized carbons (Fsp3) is 0.462. The van der Waals surface area contributed by atoms with E-state index < -0.39 is 12.0 Å². The van der Waals surface area contributed by atoms with Gasteiger partial charge in [0.25, 0.3) is 0 Å². The summed E-state index contributed by atoms with van der Waals surface area (Å²) < 4.78 is 5.37. The second-order valence-corrected chi connectivity index (χ2v) is 4.19. The third kappa shape index (κ3) is 2.77. The Kier molecular flexibility index (Phi) is 3.64. The van der Waals surface area contributed by atoms with Gasteiger partial charge in [-0.1, -0.05) is 12.1 Å². The molecule has 0 saturated carbocycles. The van der Waals surface area contributed by atoms with E-state index in [1.54, 1.807) is 0 Å². The minimum absolute atomic E-state index is 0.145. The molecule has 1 fully saturated rings. The summed E-state index contributed by atoms with van der Waals surface area (Å²) in [6.45, 7) is 2.60. The van der Waals surface area contributed by atoms with Gasteiger partial charge in [0, 0.05) is 6.04 Å². The maximum Gasteiger partial charge on any atom is 0.320 e. The van der Waals surface area contributed by atoms with Crippen LogP contribution in [0.2, 0.25) is 0 Å². The van der Waals surface area contributed by atoms with Crippen molar-refractivity contribution in [3.8, 4) is 5.75 Å². The van der Waals surface area contributed by atoms with Crippen LogP contribution in [0.1, 0.15) is 31.4 Å². The quantitative estimate of drug-likeness (QED) is 0.837. The molecule has 4 heteroatoms. The van der Waals surface area contributed by atoms with Crippen LogP contribution in [-0.4, -0.2) is 23.7 Å². The molecule has 0 amide bonds. The average Bonchev–Trinajstić information content (AvgIpc) is 2.80. The Morgan fingerprint density at radius 2 is 2.12 bits per heavy atom. The van der Waals surface area contributed by atoms with Crippen molar-refractivity contribution in [2.75, 3.05) is 6.61 Å². The van der Waals surface area contributed by atoms with Crippen LogP contribution >= 0.6 is 0 Å². The normalized spacial score (nSPS) is 23.6. The van der Waals surface area contributed by atoms with Gasteiger partial charge in [0.05, 0.1) is 6.61 Å². The van der Waals surface area contributed by atoms with E-state index in [0.29, 0.717) is 13.0 Å². The highest BCUT2D eigenvalue weighted by Gasteiger charge is 2.29. The highest BCUT2D eigenvalue weighted by molar-refractivity contribution is 5.73. The van der Waals surface area contributed by atoms with Gasteiger partial charge >= 0.3 is 5.97 Å². The zero-order valence-electron chi connectivity index (χ0n) is 9.85. The van der Waals surface area contributed by atoms with Crippen molar-refractivity contribution in [2.45, 2.75) is 31.8 Å². The summed E-state index contributed by atoms with van der Waals surface area (Å²) in [6, 6.07) is 7.57. The molecule has 1 aromatic carbocycles. The van der Waals surface area contributed by atoms with E-state index in [1.165, 1.54) is 0 Å². The van der Waals surface area contributed by atoms with Crippen LogP contribution in [-0.2, 0) is 4.79 Å². The monoisotopic (exact) mass is 235 g/mol. The molecule has 1 aliphatic rings. The third-order valence-corrected chi connectivity index (χ3v) is 3.04. The molecule has 0 bridgehead atoms. The van der Waals surface area contributed by atoms with Gasteiger partial charge in [-0.3, -0.25) is 10.1 Å². The van der Waals surface area contributed by atoms with E-state index in [9.17, 15) is 4.79 Å². The first-order chi connectivity index (χ1) is 8.20. The Morgan fingerprint density at radius 1 is 1.41 bits per heavy atom. The SMILES string of the molecule is CCOc1ccc(C2CCC(C(=O)O)N2)cc1. The summed E-state index contributed by atoms with van der Waals surface area (Å²) in [6.07, 6.45) is 1.55. The summed E-state index contributed by atoms with van der Waals surface area (Å²) in [5.74, 6) is 0.0856. The molecule has 0 aliphatic carbocycles. The lowest BCUT2D eigenvalue weighted by Gasteiger charge is -2.13. The number of hydrogen-bond acceptors (Lipinski definition) is 3. The van der Waals surface area contributed by atoms with Gasteiger partial charge in [0.1, 0.15) is 11.8 Å². The molecule has 0 aromatic heterocycles. The van der Waals surface area contributed by atoms with Crippen LogP contribution in [0, 0.1) is 0 Å². The zero-order chi connectivity index (χ0) is 12.3. The Bertz CT molecular complexity index is 388. The van der Waals surface area contributed by atoms with Crippen molar-refractivity contribution in [1.29, 1.82) is 0 Å². The van der Waals surface area contributed by atoms with Crippen LogP contribution in [0.5, 0.6) is 5.75 Å². The molecular formula is C13H17NO3. The van der Waals surface area contributed by atoms with Gasteiger partial charge < -0.3 is 9.84 Å². The highest BCUT2D eigenvalue weighted by atomic mass is 16.5. The van der Waals surface area contributed by atoms with Gasteiger partial charge in [0.2, 0.25) is 0 Å². The van der Waals surface area contributed by atoms with E-state index >= 15 is 0 Å². The molecule has 92 valence electrons. The maximum absolute atomic E-state index is 10.8. The molecule has 4 nitrogen and oxygen atoms in total. The van der Waals surface area contributed by atoms with Gasteiger partial charge in [-0.15, -0.1) is 0 Å². The largest absolute Gasteiger partial charge is 0.494 e. The lowest BCUT2D eigenvalue weighted by Crippen LogP contribution is -2.31. The summed E-state index contributed by atoms with van der Waals surface area (Å²) in [4.78, 5) is 10.8. The number of aliphatic carboxylic acids is 1. The van der Waals surface area contributed by atoms with E-state index in [-0.39, 0.29) is 6.04 Å². The van der Waals surface area contributed by atoms with Gasteiger partial charge in [0.15, 0.2) is 0 Å². The van der Waals surface area contributed by atoms with E-state index in [1.807, 2.05) is 31.2 Å². The van der Waals surface area contributed by atoms with Gasteiger partial charge in [-0.2, -0.15) is 0 Å². The predicted octanol–water partition coefficient (Wildman–Crippen LogP) is 1.96. The number of nitrogens with one attached hydrogen (secondary N) is 1. The Morgan fingerprint density at radius 3 is 2.65 bits per heavy atom. The Hall–Kier alpha value is -1.55. The number of carbonyl (C=O) groups is 1. The summed E-state index contributed by atoms with van der Waals surface area (Å²) >= 11 is 0. The third-order valence-electron chi connectivity index (χ3n) is 3.04. The summed E-state index contributed by atoms with van der Waals surface area (Å²) in [5.41, 5.74) is 1.12. The topological polar surface area (TPSA) is 58.6 Å². The fourth-order valence-corrected chi connectivity index (χ4v) is 2.16. The lowest BCUT2D eigenvalue weighted by atomic mass is 10.1. The van der Waals surface area contributed by atoms with Crippen LogP contribution in [0.15, 0.2) is 24.3 Å². The number of carboxylic acids is 1. The number of ether oxygens (including phenoxy) is 1. The second kappa shape index (κ2) is 5.19. The smallest absolute Gasteiger partial charge is 0.320 e. The first kappa shape index (κ1) is 11.9. The van der Waals surface area contributed by atoms with Crippen LogP contribution in [0.3, 0.4) is 0 Å². The summed E-state index contributed by atoms with van der Waals surface area (Å²) in [7, 11) is 0. The second-order valence-electron chi connectivity index (χ2n) is 4.19. The molecule has 2 unspecified atom stereocenters. The zero-order valence-corrected chi connectivity index (χ0v) is 9.85. The van der Waals surface area contributed by atoms with Crippen molar-refractivity contribution in [2.24, 2.45) is 0 Å². The fourth-order valence-electron chi connectivity index (χ4n) is 2.16. The van der Waals surface area contributed by atoms with Crippen molar-refractivity contribution >= 4 is 5.97 Å². The average molecular weight is 235 g/mol. The molecule has 1 aliphatic heterocycles. The van der Waals surface area contributed by atoms with Crippen molar-refractivity contribution in [3.05, 3.63) is 29.8 Å². The Balaban J connectivity index is 2.01. The summed E-state index contributed by atoms with van der Waals surface area (Å²) in [5, 5.41) is 12.0. The van der Waals surface area contributed by atoms with Crippen LogP contribution in [0.4, 0.5) is 0 Å². The number of rotatable bonds is 4. The number of benzene rings is 1. The van der Waals surface area contributed by atoms with Crippen molar-refractivity contribution < 1.29 is 14.6 Å². The molecule has 1 heterocycles. The molecule has 2 rings (SSSR count). The van der Waals surface area contributed by atoms with Gasteiger partial charge in [-0.25, -0.2) is 0 Å². The molecular weight excluding hydrogens is 218 g/mol. The van der Waals surface area contributed by atoms with E-state index in [0.717, 1.165) is 17.7 Å². The maximum atomic E-state index is 10.8. The van der Waals surface area contributed by atoms with Crippen LogP contribution < -0.4 is 10.1 Å². The molecule has 17 heavy (non-hydrogen) atoms. The minimum Gasteiger partial charge on any atom is -0.494 e. The highest BCUT2D eigenvalue weighted by Crippen LogP contribution is 2.27. The van der Waals surface area contributed by atoms with Gasteiger partial charge in [-0.05, 0) is 37.5 Å². The molecule has 1 aromatic rings. The molecule has 0 radical (unpaired) electrons. The first-order valence-corrected chi connectivity index (χ1v) is 5.92. The molecule has 2 atom stereocenters.